The highest BCUT2D eigenvalue weighted by molar-refractivity contribution is 5.77. The van der Waals surface area contributed by atoms with Gasteiger partial charge in [0.1, 0.15) is 19.3 Å². The first kappa shape index (κ1) is 23.3. The van der Waals surface area contributed by atoms with Crippen LogP contribution in [0.5, 0.6) is 0 Å². The number of rotatable bonds is 5. The second kappa shape index (κ2) is 8.29. The Hall–Kier alpha value is -1.36. The lowest BCUT2D eigenvalue weighted by molar-refractivity contribution is -0.174. The van der Waals surface area contributed by atoms with E-state index < -0.39 is 12.1 Å². The van der Waals surface area contributed by atoms with Crippen LogP contribution in [0.3, 0.4) is 0 Å². The first-order valence-corrected chi connectivity index (χ1v) is 11.6. The summed E-state index contributed by atoms with van der Waals surface area (Å²) in [6, 6.07) is 0. The van der Waals surface area contributed by atoms with Crippen LogP contribution in [0.25, 0.3) is 0 Å². The van der Waals surface area contributed by atoms with Gasteiger partial charge < -0.3 is 14.6 Å². The van der Waals surface area contributed by atoms with Gasteiger partial charge in [-0.3, -0.25) is 9.59 Å². The minimum absolute atomic E-state index is 0.130. The molecule has 0 aromatic carbocycles. The van der Waals surface area contributed by atoms with Gasteiger partial charge in [0, 0.05) is 6.92 Å². The van der Waals surface area contributed by atoms with E-state index in [1.165, 1.54) is 26.2 Å². The van der Waals surface area contributed by atoms with Crippen LogP contribution in [0.15, 0.2) is 11.6 Å². The van der Waals surface area contributed by atoms with Crippen LogP contribution in [-0.4, -0.2) is 36.4 Å². The molecule has 0 heterocycles. The third kappa shape index (κ3) is 4.06. The lowest BCUT2D eigenvalue weighted by Crippen LogP contribution is -2.58. The number of aliphatic hydroxyl groups excluding tert-OH is 1. The molecule has 0 amide bonds. The number of esters is 2. The maximum Gasteiger partial charge on any atom is 0.313 e. The summed E-state index contributed by atoms with van der Waals surface area (Å²) in [6.45, 7) is 12.6. The lowest BCUT2D eigenvalue weighted by atomic mass is 9.40. The maximum atomic E-state index is 13.2. The Bertz CT molecular complexity index is 710. The predicted molar refractivity (Wildman–Crippen MR) is 116 cm³/mol. The normalized spacial score (nSPS) is 38.5. The third-order valence-corrected chi connectivity index (χ3v) is 8.76. The quantitative estimate of drug-likeness (QED) is 0.517. The molecule has 2 fully saturated rings. The number of allylic oxidation sites excluding steroid dienone is 1. The van der Waals surface area contributed by atoms with Crippen molar-refractivity contribution < 1.29 is 24.2 Å². The van der Waals surface area contributed by atoms with Crippen molar-refractivity contribution in [1.29, 1.82) is 0 Å². The van der Waals surface area contributed by atoms with Crippen molar-refractivity contribution in [1.82, 2.24) is 0 Å². The van der Waals surface area contributed by atoms with Crippen LogP contribution in [0, 0.1) is 34.0 Å². The average molecular weight is 421 g/mol. The monoisotopic (exact) mass is 420 g/mol. The summed E-state index contributed by atoms with van der Waals surface area (Å²) in [4.78, 5) is 24.1. The van der Waals surface area contributed by atoms with Gasteiger partial charge in [-0.15, -0.1) is 0 Å². The molecule has 30 heavy (non-hydrogen) atoms. The van der Waals surface area contributed by atoms with E-state index in [2.05, 4.69) is 33.8 Å². The van der Waals surface area contributed by atoms with Crippen LogP contribution < -0.4 is 0 Å². The fourth-order valence-electron chi connectivity index (χ4n) is 7.49. The van der Waals surface area contributed by atoms with E-state index in [1.807, 2.05) is 6.92 Å². The van der Waals surface area contributed by atoms with Crippen molar-refractivity contribution in [2.75, 3.05) is 13.2 Å². The molecule has 2 unspecified atom stereocenters. The molecule has 0 radical (unpaired) electrons. The van der Waals surface area contributed by atoms with Gasteiger partial charge in [-0.25, -0.2) is 0 Å². The van der Waals surface area contributed by atoms with Gasteiger partial charge in [-0.1, -0.05) is 45.8 Å². The molecule has 3 aliphatic rings. The number of aliphatic hydroxyl groups is 1. The Morgan fingerprint density at radius 1 is 1.07 bits per heavy atom. The highest BCUT2D eigenvalue weighted by atomic mass is 16.6. The molecule has 0 aromatic rings. The topological polar surface area (TPSA) is 72.8 Å². The van der Waals surface area contributed by atoms with Gasteiger partial charge in [-0.2, -0.15) is 0 Å². The van der Waals surface area contributed by atoms with E-state index >= 15 is 0 Å². The molecule has 0 saturated heterocycles. The van der Waals surface area contributed by atoms with Gasteiger partial charge in [0.2, 0.25) is 0 Å². The third-order valence-electron chi connectivity index (χ3n) is 8.76. The van der Waals surface area contributed by atoms with Crippen molar-refractivity contribution in [3.8, 4) is 0 Å². The molecule has 170 valence electrons. The minimum atomic E-state index is -0.998. The zero-order chi connectivity index (χ0) is 22.3. The molecule has 2 saturated carbocycles. The molecule has 1 N–H and O–H groups in total. The molecule has 0 bridgehead atoms. The van der Waals surface area contributed by atoms with E-state index in [4.69, 9.17) is 9.47 Å². The van der Waals surface area contributed by atoms with E-state index in [0.717, 1.165) is 24.8 Å². The molecule has 0 aromatic heterocycles. The van der Waals surface area contributed by atoms with Crippen LogP contribution in [0.4, 0.5) is 0 Å². The van der Waals surface area contributed by atoms with E-state index in [1.54, 1.807) is 0 Å². The highest BCUT2D eigenvalue weighted by Gasteiger charge is 2.62. The highest BCUT2D eigenvalue weighted by Crippen LogP contribution is 2.68. The molecule has 6 atom stereocenters. The van der Waals surface area contributed by atoms with E-state index in [9.17, 15) is 14.7 Å². The van der Waals surface area contributed by atoms with Gasteiger partial charge >= 0.3 is 11.9 Å². The zero-order valence-corrected chi connectivity index (χ0v) is 19.6. The Balaban J connectivity index is 1.78. The predicted octanol–water partition coefficient (Wildman–Crippen LogP) is 4.67. The van der Waals surface area contributed by atoms with Crippen LogP contribution >= 0.6 is 0 Å². The standard InChI is InChI=1S/C25H40O5/c1-16-8-9-20-24(5)12-7-11-23(3,4)19(24)10-13-25(20,6)21(16)22(28)30-15-18(27)14-29-17(2)26/h8,18-21,27H,7,9-15H2,1-6H3/t18-,19?,20?,21+,24+,25-/m0/s1. The molecule has 0 spiro atoms. The average Bonchev–Trinajstić information content (AvgIpc) is 2.63. The second-order valence-corrected chi connectivity index (χ2v) is 11.2. The molecular formula is C25H40O5. The molecular weight excluding hydrogens is 380 g/mol. The first-order valence-electron chi connectivity index (χ1n) is 11.6. The Labute approximate surface area is 181 Å². The summed E-state index contributed by atoms with van der Waals surface area (Å²) < 4.78 is 10.4. The maximum absolute atomic E-state index is 13.2. The van der Waals surface area contributed by atoms with Gasteiger partial charge in [0.25, 0.3) is 0 Å². The van der Waals surface area contributed by atoms with Crippen LogP contribution in [0.2, 0.25) is 0 Å². The summed E-state index contributed by atoms with van der Waals surface area (Å²) in [5.74, 6) is 0.151. The van der Waals surface area contributed by atoms with Crippen molar-refractivity contribution in [2.24, 2.45) is 34.0 Å². The summed E-state index contributed by atoms with van der Waals surface area (Å²) in [7, 11) is 0. The SMILES string of the molecule is CC(=O)OC[C@H](O)COC(=O)[C@H]1C(C)=CCC2[C@]3(C)CCCC(C)(C)C3CC[C@@]21C. The summed E-state index contributed by atoms with van der Waals surface area (Å²) in [5, 5.41) is 9.99. The van der Waals surface area contributed by atoms with Crippen LogP contribution in [-0.2, 0) is 19.1 Å². The lowest BCUT2D eigenvalue weighted by Gasteiger charge is -2.64. The number of hydrogen-bond donors (Lipinski definition) is 1. The fourth-order valence-corrected chi connectivity index (χ4v) is 7.49. The fraction of sp³-hybridized carbons (Fsp3) is 0.840. The number of fused-ring (bicyclic) bond motifs is 3. The van der Waals surface area contributed by atoms with Gasteiger partial charge in [0.15, 0.2) is 0 Å². The second-order valence-electron chi connectivity index (χ2n) is 11.2. The minimum Gasteiger partial charge on any atom is -0.463 e. The van der Waals surface area contributed by atoms with Gasteiger partial charge in [0.05, 0.1) is 5.92 Å². The van der Waals surface area contributed by atoms with Crippen molar-refractivity contribution in [3.63, 3.8) is 0 Å². The Morgan fingerprint density at radius 3 is 2.40 bits per heavy atom. The van der Waals surface area contributed by atoms with Crippen molar-refractivity contribution >= 4 is 11.9 Å². The number of hydrogen-bond acceptors (Lipinski definition) is 5. The molecule has 3 aliphatic carbocycles. The molecule has 0 aliphatic heterocycles. The molecule has 5 heteroatoms. The van der Waals surface area contributed by atoms with Gasteiger partial charge in [-0.05, 0) is 67.1 Å². The van der Waals surface area contributed by atoms with E-state index in [-0.39, 0.29) is 35.9 Å². The van der Waals surface area contributed by atoms with E-state index in [0.29, 0.717) is 17.3 Å². The smallest absolute Gasteiger partial charge is 0.313 e. The summed E-state index contributed by atoms with van der Waals surface area (Å²) in [5.41, 5.74) is 1.54. The zero-order valence-electron chi connectivity index (χ0n) is 19.6. The van der Waals surface area contributed by atoms with Crippen molar-refractivity contribution in [3.05, 3.63) is 11.6 Å². The first-order chi connectivity index (χ1) is 13.9. The summed E-state index contributed by atoms with van der Waals surface area (Å²) in [6.07, 6.45) is 8.25. The number of ether oxygens (including phenoxy) is 2. The summed E-state index contributed by atoms with van der Waals surface area (Å²) >= 11 is 0. The number of carbonyl (C=O) groups excluding carboxylic acids is 2. The Kier molecular flexibility index (Phi) is 6.44. The Morgan fingerprint density at radius 2 is 1.73 bits per heavy atom. The van der Waals surface area contributed by atoms with Crippen LogP contribution in [0.1, 0.15) is 80.1 Å². The number of carbonyl (C=O) groups is 2. The molecule has 5 nitrogen and oxygen atoms in total. The largest absolute Gasteiger partial charge is 0.463 e. The van der Waals surface area contributed by atoms with Crippen molar-refractivity contribution in [2.45, 2.75) is 86.2 Å². The molecule has 3 rings (SSSR count).